The van der Waals surface area contributed by atoms with Crippen molar-refractivity contribution >= 4 is 17.6 Å². The van der Waals surface area contributed by atoms with Gasteiger partial charge in [0.25, 0.3) is 0 Å². The van der Waals surface area contributed by atoms with Crippen molar-refractivity contribution in [1.82, 2.24) is 0 Å². The highest BCUT2D eigenvalue weighted by Crippen LogP contribution is 2.40. The summed E-state index contributed by atoms with van der Waals surface area (Å²) in [5.41, 5.74) is 2.13. The highest BCUT2D eigenvalue weighted by molar-refractivity contribution is 5.94. The lowest BCUT2D eigenvalue weighted by Gasteiger charge is -2.28. The maximum atomic E-state index is 12.1. The molecule has 2 aliphatic rings. The number of ether oxygens (including phenoxy) is 3. The zero-order valence-corrected chi connectivity index (χ0v) is 15.6. The molecule has 2 heterocycles. The molecular weight excluding hydrogens is 358 g/mol. The summed E-state index contributed by atoms with van der Waals surface area (Å²) in [6.07, 6.45) is 1.56. The van der Waals surface area contributed by atoms with Gasteiger partial charge in [-0.3, -0.25) is 4.79 Å². The van der Waals surface area contributed by atoms with Crippen molar-refractivity contribution in [3.8, 4) is 11.5 Å². The molecule has 4 rings (SSSR count). The monoisotopic (exact) mass is 379 g/mol. The quantitative estimate of drug-likeness (QED) is 0.637. The predicted octanol–water partition coefficient (Wildman–Crippen LogP) is 3.36. The van der Waals surface area contributed by atoms with Crippen molar-refractivity contribution in [3.05, 3.63) is 65.7 Å². The van der Waals surface area contributed by atoms with Gasteiger partial charge in [-0.2, -0.15) is 0 Å². The Bertz CT molecular complexity index is 932. The molecule has 1 saturated heterocycles. The molecule has 0 spiro atoms. The van der Waals surface area contributed by atoms with Crippen LogP contribution in [0.4, 0.5) is 5.69 Å². The Morgan fingerprint density at radius 2 is 1.86 bits per heavy atom. The minimum absolute atomic E-state index is 0.000347. The third-order valence-corrected chi connectivity index (χ3v) is 5.14. The summed E-state index contributed by atoms with van der Waals surface area (Å²) in [4.78, 5) is 23.7. The number of benzene rings is 2. The van der Waals surface area contributed by atoms with E-state index in [1.54, 1.807) is 13.2 Å². The molecule has 1 unspecified atom stereocenters. The average molecular weight is 379 g/mol. The zero-order valence-electron chi connectivity index (χ0n) is 15.6. The van der Waals surface area contributed by atoms with Gasteiger partial charge in [0.2, 0.25) is 5.91 Å². The van der Waals surface area contributed by atoms with E-state index in [0.29, 0.717) is 36.3 Å². The third kappa shape index (κ3) is 3.33. The Labute approximate surface area is 163 Å². The topological polar surface area (TPSA) is 73.9 Å². The van der Waals surface area contributed by atoms with Crippen LogP contribution in [0.3, 0.4) is 0 Å². The molecule has 6 nitrogen and oxygen atoms in total. The summed E-state index contributed by atoms with van der Waals surface area (Å²) in [6.45, 7) is 3.94. The highest BCUT2D eigenvalue weighted by atomic mass is 16.6. The van der Waals surface area contributed by atoms with Gasteiger partial charge in [0.05, 0.1) is 7.11 Å². The molecule has 2 aliphatic heterocycles. The molecule has 0 saturated carbocycles. The first-order valence-corrected chi connectivity index (χ1v) is 9.10. The SMILES string of the molecule is C=C1CC(COc2ccc3c(c2)NC(=O)CC3)(c2ccc(OC)cc2)OC1=O. The zero-order chi connectivity index (χ0) is 19.7. The Kier molecular flexibility index (Phi) is 4.55. The minimum atomic E-state index is -0.945. The Morgan fingerprint density at radius 3 is 2.54 bits per heavy atom. The fourth-order valence-electron chi connectivity index (χ4n) is 3.56. The van der Waals surface area contributed by atoms with Crippen molar-refractivity contribution in [2.24, 2.45) is 0 Å². The second-order valence-corrected chi connectivity index (χ2v) is 7.05. The van der Waals surface area contributed by atoms with Gasteiger partial charge in [-0.25, -0.2) is 4.79 Å². The first kappa shape index (κ1) is 18.1. The number of rotatable bonds is 5. The van der Waals surface area contributed by atoms with E-state index >= 15 is 0 Å². The van der Waals surface area contributed by atoms with E-state index in [9.17, 15) is 9.59 Å². The lowest BCUT2D eigenvalue weighted by molar-refractivity contribution is -0.150. The molecule has 2 aromatic carbocycles. The molecular formula is C22H21NO5. The molecule has 0 radical (unpaired) electrons. The van der Waals surface area contributed by atoms with Crippen molar-refractivity contribution in [3.63, 3.8) is 0 Å². The number of anilines is 1. The lowest BCUT2D eigenvalue weighted by Crippen LogP contribution is -2.33. The van der Waals surface area contributed by atoms with Gasteiger partial charge in [0.15, 0.2) is 5.60 Å². The van der Waals surface area contributed by atoms with E-state index in [4.69, 9.17) is 14.2 Å². The van der Waals surface area contributed by atoms with Crippen molar-refractivity contribution in [2.75, 3.05) is 19.0 Å². The molecule has 1 atom stereocenters. The second-order valence-electron chi connectivity index (χ2n) is 7.05. The van der Waals surface area contributed by atoms with Crippen LogP contribution in [0, 0.1) is 0 Å². The van der Waals surface area contributed by atoms with Gasteiger partial charge in [-0.05, 0) is 35.7 Å². The van der Waals surface area contributed by atoms with Gasteiger partial charge in [-0.1, -0.05) is 24.8 Å². The van der Waals surface area contributed by atoms with E-state index in [1.165, 1.54) is 0 Å². The van der Waals surface area contributed by atoms with Gasteiger partial charge < -0.3 is 19.5 Å². The number of hydrogen-bond acceptors (Lipinski definition) is 5. The number of hydrogen-bond donors (Lipinski definition) is 1. The number of esters is 1. The molecule has 144 valence electrons. The number of nitrogens with one attached hydrogen (secondary N) is 1. The summed E-state index contributed by atoms with van der Waals surface area (Å²) in [7, 11) is 1.60. The number of fused-ring (bicyclic) bond motifs is 1. The predicted molar refractivity (Wildman–Crippen MR) is 103 cm³/mol. The summed E-state index contributed by atoms with van der Waals surface area (Å²) in [5, 5.41) is 2.86. The highest BCUT2D eigenvalue weighted by Gasteiger charge is 2.45. The molecule has 2 aromatic rings. The summed E-state index contributed by atoms with van der Waals surface area (Å²) in [5.74, 6) is 0.897. The minimum Gasteiger partial charge on any atom is -0.497 e. The van der Waals surface area contributed by atoms with Crippen LogP contribution in [0.1, 0.15) is 24.0 Å². The molecule has 1 N–H and O–H groups in total. The standard InChI is InChI=1S/C22H21NO5/c1-14-12-22(28-21(14)25,16-5-8-17(26-2)9-6-16)13-27-18-7-3-15-4-10-20(24)23-19(15)11-18/h3,5-9,11H,1,4,10,12-13H2,2H3,(H,23,24). The number of aryl methyl sites for hydroxylation is 1. The summed E-state index contributed by atoms with van der Waals surface area (Å²) >= 11 is 0. The van der Waals surface area contributed by atoms with Gasteiger partial charge >= 0.3 is 5.97 Å². The molecule has 6 heteroatoms. The first-order chi connectivity index (χ1) is 13.5. The van der Waals surface area contributed by atoms with Crippen molar-refractivity contribution in [1.29, 1.82) is 0 Å². The fourth-order valence-corrected chi connectivity index (χ4v) is 3.56. The summed E-state index contributed by atoms with van der Waals surface area (Å²) in [6, 6.07) is 13.0. The lowest BCUT2D eigenvalue weighted by atomic mass is 9.90. The molecule has 1 fully saturated rings. The maximum absolute atomic E-state index is 12.1. The van der Waals surface area contributed by atoms with Crippen LogP contribution >= 0.6 is 0 Å². The normalized spacial score (nSPS) is 21.0. The fraction of sp³-hybridized carbons (Fsp3) is 0.273. The molecule has 0 aromatic heterocycles. The number of amides is 1. The second kappa shape index (κ2) is 7.03. The number of carbonyl (C=O) groups is 2. The van der Waals surface area contributed by atoms with Gasteiger partial charge in [-0.15, -0.1) is 0 Å². The smallest absolute Gasteiger partial charge is 0.334 e. The van der Waals surface area contributed by atoms with Crippen LogP contribution in [0.15, 0.2) is 54.6 Å². The number of carbonyl (C=O) groups excluding carboxylic acids is 2. The van der Waals surface area contributed by atoms with E-state index in [-0.39, 0.29) is 12.5 Å². The van der Waals surface area contributed by atoms with Crippen molar-refractivity contribution in [2.45, 2.75) is 24.9 Å². The van der Waals surface area contributed by atoms with Crippen LogP contribution in [0.2, 0.25) is 0 Å². The number of cyclic esters (lactones) is 1. The van der Waals surface area contributed by atoms with Crippen LogP contribution < -0.4 is 14.8 Å². The van der Waals surface area contributed by atoms with Crippen LogP contribution in [-0.4, -0.2) is 25.6 Å². The Morgan fingerprint density at radius 1 is 1.11 bits per heavy atom. The van der Waals surface area contributed by atoms with Gasteiger partial charge in [0.1, 0.15) is 18.1 Å². The Balaban J connectivity index is 1.58. The molecule has 28 heavy (non-hydrogen) atoms. The molecule has 0 bridgehead atoms. The largest absolute Gasteiger partial charge is 0.497 e. The van der Waals surface area contributed by atoms with E-state index in [0.717, 1.165) is 16.8 Å². The summed E-state index contributed by atoms with van der Waals surface area (Å²) < 4.78 is 16.9. The van der Waals surface area contributed by atoms with Crippen molar-refractivity contribution < 1.29 is 23.8 Å². The van der Waals surface area contributed by atoms with Crippen LogP contribution in [0.25, 0.3) is 0 Å². The van der Waals surface area contributed by atoms with Gasteiger partial charge in [0, 0.05) is 30.2 Å². The molecule has 1 amide bonds. The number of methoxy groups -OCH3 is 1. The van der Waals surface area contributed by atoms with E-state index < -0.39 is 11.6 Å². The third-order valence-electron chi connectivity index (χ3n) is 5.14. The Hall–Kier alpha value is -3.28. The van der Waals surface area contributed by atoms with E-state index in [1.807, 2.05) is 36.4 Å². The van der Waals surface area contributed by atoms with Crippen LogP contribution in [-0.2, 0) is 26.3 Å². The van der Waals surface area contributed by atoms with Crippen LogP contribution in [0.5, 0.6) is 11.5 Å². The average Bonchev–Trinajstić information content (AvgIpc) is 3.01. The first-order valence-electron chi connectivity index (χ1n) is 9.10. The molecule has 0 aliphatic carbocycles. The maximum Gasteiger partial charge on any atom is 0.334 e. The van der Waals surface area contributed by atoms with E-state index in [2.05, 4.69) is 11.9 Å².